The van der Waals surface area contributed by atoms with Gasteiger partial charge in [-0.05, 0) is 42.1 Å². The fourth-order valence-electron chi connectivity index (χ4n) is 2.42. The molecule has 1 N–H and O–H groups in total. The number of hydrogen-bond donors (Lipinski definition) is 1. The van der Waals surface area contributed by atoms with Crippen LogP contribution in [0.2, 0.25) is 11.1 Å². The molecule has 0 atom stereocenters. The second-order valence-corrected chi connectivity index (χ2v) is 10.6. The van der Waals surface area contributed by atoms with Crippen LogP contribution in [0.1, 0.15) is 44.4 Å². The number of benzene rings is 1. The third-order valence-electron chi connectivity index (χ3n) is 3.97. The summed E-state index contributed by atoms with van der Waals surface area (Å²) in [6.45, 7) is 12.9. The van der Waals surface area contributed by atoms with Gasteiger partial charge in [0.15, 0.2) is 8.32 Å². The smallest absolute Gasteiger partial charge is 0.197 e. The molecule has 0 saturated carbocycles. The van der Waals surface area contributed by atoms with E-state index in [1.807, 2.05) is 0 Å². The Hall–Kier alpha value is -0.603. The maximum absolute atomic E-state index is 11.0. The number of hydrogen-bond acceptors (Lipinski definition) is 1. The summed E-state index contributed by atoms with van der Waals surface area (Å²) in [4.78, 5) is 11.0. The standard InChI is InChI=1S/C15H26OSi/c1-11(2)17(16,12(3)4)10-15-8-7-13(5)9-14(15)6/h7-9,11-12,16H,10H2,1-6H3. The molecule has 17 heavy (non-hydrogen) atoms. The Kier molecular flexibility index (Phi) is 4.56. The molecule has 0 fully saturated rings. The molecule has 96 valence electrons. The Labute approximate surface area is 107 Å². The first-order valence-electron chi connectivity index (χ1n) is 6.56. The molecule has 0 saturated heterocycles. The van der Waals surface area contributed by atoms with Crippen LogP contribution in [0.3, 0.4) is 0 Å². The molecule has 1 aromatic rings. The molecule has 0 aliphatic carbocycles. The van der Waals surface area contributed by atoms with Gasteiger partial charge < -0.3 is 4.80 Å². The van der Waals surface area contributed by atoms with Crippen molar-refractivity contribution in [3.8, 4) is 0 Å². The second kappa shape index (κ2) is 5.36. The maximum Gasteiger partial charge on any atom is 0.197 e. The molecule has 0 amide bonds. The fraction of sp³-hybridized carbons (Fsp3) is 0.600. The molecule has 0 spiro atoms. The van der Waals surface area contributed by atoms with Gasteiger partial charge in [-0.25, -0.2) is 0 Å². The lowest BCUT2D eigenvalue weighted by Gasteiger charge is -2.33. The van der Waals surface area contributed by atoms with Crippen molar-refractivity contribution in [1.82, 2.24) is 0 Å². The van der Waals surface area contributed by atoms with Gasteiger partial charge in [0.05, 0.1) is 0 Å². The van der Waals surface area contributed by atoms with E-state index in [0.717, 1.165) is 6.04 Å². The molecular formula is C15H26OSi. The average Bonchev–Trinajstić information content (AvgIpc) is 2.21. The van der Waals surface area contributed by atoms with Crippen molar-refractivity contribution in [1.29, 1.82) is 0 Å². The van der Waals surface area contributed by atoms with Crippen molar-refractivity contribution in [3.05, 3.63) is 34.9 Å². The summed E-state index contributed by atoms with van der Waals surface area (Å²) in [5.74, 6) is 0. The molecule has 0 unspecified atom stereocenters. The normalized spacial score (nSPS) is 12.5. The van der Waals surface area contributed by atoms with Crippen LogP contribution in [0.4, 0.5) is 0 Å². The zero-order valence-corrected chi connectivity index (χ0v) is 13.0. The molecule has 2 heteroatoms. The Bertz CT molecular complexity index is 375. The van der Waals surface area contributed by atoms with E-state index < -0.39 is 8.32 Å². The number of rotatable bonds is 4. The molecular weight excluding hydrogens is 224 g/mol. The van der Waals surface area contributed by atoms with Crippen molar-refractivity contribution in [2.75, 3.05) is 0 Å². The van der Waals surface area contributed by atoms with Gasteiger partial charge in [-0.3, -0.25) is 0 Å². The average molecular weight is 250 g/mol. The van der Waals surface area contributed by atoms with Gasteiger partial charge in [0, 0.05) is 0 Å². The van der Waals surface area contributed by atoms with Gasteiger partial charge in [0.2, 0.25) is 0 Å². The zero-order chi connectivity index (χ0) is 13.2. The van der Waals surface area contributed by atoms with E-state index in [0.29, 0.717) is 11.1 Å². The van der Waals surface area contributed by atoms with Crippen LogP contribution in [0.5, 0.6) is 0 Å². The lowest BCUT2D eigenvalue weighted by Crippen LogP contribution is -2.44. The zero-order valence-electron chi connectivity index (χ0n) is 12.0. The highest BCUT2D eigenvalue weighted by Gasteiger charge is 2.38. The topological polar surface area (TPSA) is 20.2 Å². The Morgan fingerprint density at radius 2 is 1.59 bits per heavy atom. The maximum atomic E-state index is 11.0. The molecule has 0 aromatic heterocycles. The lowest BCUT2D eigenvalue weighted by atomic mass is 10.1. The predicted octanol–water partition coefficient (Wildman–Crippen LogP) is 4.14. The van der Waals surface area contributed by atoms with Crippen LogP contribution in [-0.2, 0) is 6.04 Å². The van der Waals surface area contributed by atoms with E-state index >= 15 is 0 Å². The first-order chi connectivity index (χ1) is 7.77. The highest BCUT2D eigenvalue weighted by atomic mass is 28.4. The number of aryl methyl sites for hydroxylation is 2. The van der Waals surface area contributed by atoms with Crippen LogP contribution in [-0.4, -0.2) is 13.1 Å². The Morgan fingerprint density at radius 1 is 1.06 bits per heavy atom. The van der Waals surface area contributed by atoms with E-state index in [9.17, 15) is 4.80 Å². The van der Waals surface area contributed by atoms with E-state index in [-0.39, 0.29) is 0 Å². The molecule has 0 aliphatic heterocycles. The molecule has 1 rings (SSSR count). The molecule has 1 aromatic carbocycles. The minimum Gasteiger partial charge on any atom is -0.431 e. The summed E-state index contributed by atoms with van der Waals surface area (Å²) in [6, 6.07) is 7.43. The lowest BCUT2D eigenvalue weighted by molar-refractivity contribution is 0.489. The summed E-state index contributed by atoms with van der Waals surface area (Å²) in [5.41, 5.74) is 4.75. The van der Waals surface area contributed by atoms with E-state index in [4.69, 9.17) is 0 Å². The van der Waals surface area contributed by atoms with Gasteiger partial charge in [0.25, 0.3) is 0 Å². The summed E-state index contributed by atoms with van der Waals surface area (Å²) < 4.78 is 0. The molecule has 0 radical (unpaired) electrons. The van der Waals surface area contributed by atoms with Gasteiger partial charge >= 0.3 is 0 Å². The minimum atomic E-state index is -2.19. The van der Waals surface area contributed by atoms with Gasteiger partial charge in [0.1, 0.15) is 0 Å². The Balaban J connectivity index is 3.02. The molecule has 0 heterocycles. The van der Waals surface area contributed by atoms with Gasteiger partial charge in [-0.2, -0.15) is 0 Å². The third-order valence-corrected chi connectivity index (χ3v) is 8.92. The molecule has 0 bridgehead atoms. The first-order valence-corrected chi connectivity index (χ1v) is 8.86. The van der Waals surface area contributed by atoms with Crippen molar-refractivity contribution in [2.45, 2.75) is 58.7 Å². The summed E-state index contributed by atoms with van der Waals surface area (Å²) >= 11 is 0. The van der Waals surface area contributed by atoms with Crippen LogP contribution in [0, 0.1) is 13.8 Å². The van der Waals surface area contributed by atoms with Crippen LogP contribution in [0.15, 0.2) is 18.2 Å². The van der Waals surface area contributed by atoms with E-state index in [1.165, 1.54) is 16.7 Å². The van der Waals surface area contributed by atoms with Crippen molar-refractivity contribution in [3.63, 3.8) is 0 Å². The van der Waals surface area contributed by atoms with Crippen LogP contribution >= 0.6 is 0 Å². The third kappa shape index (κ3) is 3.20. The van der Waals surface area contributed by atoms with Crippen LogP contribution in [0.25, 0.3) is 0 Å². The second-order valence-electron chi connectivity index (χ2n) is 5.91. The minimum absolute atomic E-state index is 0.406. The quantitative estimate of drug-likeness (QED) is 0.796. The summed E-state index contributed by atoms with van der Waals surface area (Å²) in [7, 11) is -2.19. The molecule has 0 aliphatic rings. The summed E-state index contributed by atoms with van der Waals surface area (Å²) in [5, 5.41) is 0. The van der Waals surface area contributed by atoms with Crippen molar-refractivity contribution in [2.24, 2.45) is 0 Å². The highest BCUT2D eigenvalue weighted by Crippen LogP contribution is 2.33. The fourth-order valence-corrected chi connectivity index (χ4v) is 5.58. The van der Waals surface area contributed by atoms with Gasteiger partial charge in [-0.15, -0.1) is 0 Å². The van der Waals surface area contributed by atoms with E-state index in [1.54, 1.807) is 0 Å². The Morgan fingerprint density at radius 3 is 2.00 bits per heavy atom. The largest absolute Gasteiger partial charge is 0.431 e. The molecule has 1 nitrogen and oxygen atoms in total. The van der Waals surface area contributed by atoms with Crippen LogP contribution < -0.4 is 0 Å². The van der Waals surface area contributed by atoms with Crippen molar-refractivity contribution >= 4 is 8.32 Å². The van der Waals surface area contributed by atoms with Gasteiger partial charge in [-0.1, -0.05) is 51.5 Å². The first kappa shape index (κ1) is 14.5. The van der Waals surface area contributed by atoms with E-state index in [2.05, 4.69) is 59.7 Å². The predicted molar refractivity (Wildman–Crippen MR) is 77.8 cm³/mol. The SMILES string of the molecule is Cc1ccc(C[Si](O)(C(C)C)C(C)C)c(C)c1. The van der Waals surface area contributed by atoms with Crippen molar-refractivity contribution < 1.29 is 4.80 Å². The highest BCUT2D eigenvalue weighted by molar-refractivity contribution is 6.74. The summed E-state index contributed by atoms with van der Waals surface area (Å²) in [6.07, 6.45) is 0. The monoisotopic (exact) mass is 250 g/mol.